The van der Waals surface area contributed by atoms with Gasteiger partial charge in [0.25, 0.3) is 0 Å². The molecule has 0 saturated heterocycles. The van der Waals surface area contributed by atoms with Crippen LogP contribution in [0.2, 0.25) is 5.02 Å². The number of benzene rings is 1. The average molecular weight is 393 g/mol. The molecule has 7 nitrogen and oxygen atoms in total. The van der Waals surface area contributed by atoms with Gasteiger partial charge in [-0.1, -0.05) is 17.7 Å². The number of imidazole rings is 1. The summed E-state index contributed by atoms with van der Waals surface area (Å²) in [6.07, 6.45) is 5.79. The van der Waals surface area contributed by atoms with Crippen molar-refractivity contribution < 1.29 is 4.74 Å². The molecule has 28 heavy (non-hydrogen) atoms. The van der Waals surface area contributed by atoms with Crippen LogP contribution in [0.3, 0.4) is 0 Å². The van der Waals surface area contributed by atoms with Gasteiger partial charge in [0, 0.05) is 29.0 Å². The molecule has 1 aliphatic heterocycles. The molecule has 1 fully saturated rings. The van der Waals surface area contributed by atoms with Crippen molar-refractivity contribution in [2.24, 2.45) is 5.73 Å². The van der Waals surface area contributed by atoms with Crippen LogP contribution in [0.25, 0.3) is 5.69 Å². The van der Waals surface area contributed by atoms with Gasteiger partial charge in [-0.2, -0.15) is 10.4 Å². The van der Waals surface area contributed by atoms with Crippen LogP contribution in [0.1, 0.15) is 47.3 Å². The van der Waals surface area contributed by atoms with Crippen LogP contribution in [-0.4, -0.2) is 19.7 Å². The van der Waals surface area contributed by atoms with Crippen LogP contribution in [0.5, 0.6) is 5.88 Å². The lowest BCUT2D eigenvalue weighted by Crippen LogP contribution is -2.21. The number of halogens is 1. The predicted octanol–water partition coefficient (Wildman–Crippen LogP) is 3.65. The Morgan fingerprint density at radius 1 is 1.39 bits per heavy atom. The highest BCUT2D eigenvalue weighted by atomic mass is 35.5. The van der Waals surface area contributed by atoms with Crippen molar-refractivity contribution in [3.05, 3.63) is 69.7 Å². The zero-order valence-corrected chi connectivity index (χ0v) is 15.9. The molecule has 3 aromatic rings. The quantitative estimate of drug-likeness (QED) is 0.707. The van der Waals surface area contributed by atoms with Crippen molar-refractivity contribution in [2.75, 3.05) is 0 Å². The number of hydrogen-bond acceptors (Lipinski definition) is 5. The van der Waals surface area contributed by atoms with Crippen molar-refractivity contribution in [1.82, 2.24) is 19.7 Å². The van der Waals surface area contributed by atoms with E-state index in [1.165, 1.54) is 0 Å². The molecule has 0 amide bonds. The van der Waals surface area contributed by atoms with Gasteiger partial charge in [-0.15, -0.1) is 0 Å². The zero-order chi connectivity index (χ0) is 19.4. The number of aromatic amines is 1. The van der Waals surface area contributed by atoms with E-state index in [1.54, 1.807) is 6.20 Å². The van der Waals surface area contributed by atoms with Gasteiger partial charge in [0.15, 0.2) is 0 Å². The summed E-state index contributed by atoms with van der Waals surface area (Å²) >= 11 is 6.71. The third-order valence-corrected chi connectivity index (χ3v) is 5.66. The largest absolute Gasteiger partial charge is 0.422 e. The summed E-state index contributed by atoms with van der Waals surface area (Å²) in [5, 5.41) is 17.7. The fourth-order valence-electron chi connectivity index (χ4n) is 3.81. The van der Waals surface area contributed by atoms with Gasteiger partial charge >= 0.3 is 0 Å². The Hall–Kier alpha value is -3.24. The van der Waals surface area contributed by atoms with E-state index in [-0.39, 0.29) is 5.88 Å². The summed E-state index contributed by atoms with van der Waals surface area (Å²) in [7, 11) is 0. The van der Waals surface area contributed by atoms with Gasteiger partial charge in [-0.05, 0) is 37.5 Å². The number of nitrogens with two attached hydrogens (primary N) is 1. The topological polar surface area (TPSA) is 106 Å². The zero-order valence-electron chi connectivity index (χ0n) is 15.1. The lowest BCUT2D eigenvalue weighted by molar-refractivity contribution is 0.378. The highest BCUT2D eigenvalue weighted by Gasteiger charge is 2.40. The summed E-state index contributed by atoms with van der Waals surface area (Å²) in [5.74, 6) is 1.42. The van der Waals surface area contributed by atoms with E-state index in [0.29, 0.717) is 22.4 Å². The molecular weight excluding hydrogens is 376 g/mol. The molecule has 0 spiro atoms. The second kappa shape index (κ2) is 6.14. The smallest absolute Gasteiger partial charge is 0.221 e. The molecular formula is C20H17ClN6O. The van der Waals surface area contributed by atoms with Crippen LogP contribution in [-0.2, 0) is 0 Å². The number of aryl methyl sites for hydroxylation is 1. The minimum Gasteiger partial charge on any atom is -0.422 e. The van der Waals surface area contributed by atoms with Crippen molar-refractivity contribution >= 4 is 11.6 Å². The summed E-state index contributed by atoms with van der Waals surface area (Å²) in [6.45, 7) is 1.93. The molecule has 2 aromatic heterocycles. The Kier molecular flexibility index (Phi) is 3.71. The van der Waals surface area contributed by atoms with E-state index >= 15 is 0 Å². The summed E-state index contributed by atoms with van der Waals surface area (Å²) in [4.78, 5) is 4.25. The number of allylic oxidation sites excluding steroid dienone is 1. The Bertz CT molecular complexity index is 1160. The third kappa shape index (κ3) is 2.49. The second-order valence-electron chi connectivity index (χ2n) is 7.10. The number of H-pyrrole nitrogens is 1. The number of hydrogen-bond donors (Lipinski definition) is 2. The highest BCUT2D eigenvalue weighted by molar-refractivity contribution is 6.31. The lowest BCUT2D eigenvalue weighted by atomic mass is 9.83. The molecule has 3 N–H and O–H groups in total. The van der Waals surface area contributed by atoms with Crippen molar-refractivity contribution in [3.8, 4) is 17.6 Å². The molecule has 1 saturated carbocycles. The van der Waals surface area contributed by atoms with Gasteiger partial charge in [-0.3, -0.25) is 0 Å². The number of ether oxygens (including phenoxy) is 1. The fourth-order valence-corrected chi connectivity index (χ4v) is 4.09. The number of nitrogens with one attached hydrogen (secondary N) is 1. The van der Waals surface area contributed by atoms with E-state index < -0.39 is 5.92 Å². The van der Waals surface area contributed by atoms with Crippen LogP contribution < -0.4 is 10.5 Å². The number of nitriles is 1. The molecule has 1 atom stereocenters. The molecule has 2 aliphatic rings. The lowest BCUT2D eigenvalue weighted by Gasteiger charge is -2.25. The number of aromatic nitrogens is 4. The van der Waals surface area contributed by atoms with Gasteiger partial charge in [0.2, 0.25) is 11.8 Å². The first kappa shape index (κ1) is 16.9. The van der Waals surface area contributed by atoms with Crippen molar-refractivity contribution in [3.63, 3.8) is 0 Å². The van der Waals surface area contributed by atoms with Gasteiger partial charge in [0.1, 0.15) is 17.5 Å². The molecule has 3 heterocycles. The highest BCUT2D eigenvalue weighted by Crippen LogP contribution is 2.50. The molecule has 1 unspecified atom stereocenters. The minimum absolute atomic E-state index is 0.0802. The average Bonchev–Trinajstić information content (AvgIpc) is 3.30. The molecule has 140 valence electrons. The normalized spacial score (nSPS) is 18.5. The molecule has 5 rings (SSSR count). The van der Waals surface area contributed by atoms with Gasteiger partial charge in [0.05, 0.1) is 17.2 Å². The van der Waals surface area contributed by atoms with Crippen molar-refractivity contribution in [2.45, 2.75) is 31.6 Å². The summed E-state index contributed by atoms with van der Waals surface area (Å²) < 4.78 is 7.60. The molecule has 0 bridgehead atoms. The summed E-state index contributed by atoms with van der Waals surface area (Å²) in [6, 6.07) is 7.99. The first-order valence-electron chi connectivity index (χ1n) is 9.04. The summed E-state index contributed by atoms with van der Waals surface area (Å²) in [5.41, 5.74) is 9.90. The van der Waals surface area contributed by atoms with E-state index in [9.17, 15) is 5.26 Å². The SMILES string of the molecule is Cc1nccn1-c1ccc(C2C(C#N)=C(N)Oc3[nH]nc(C4CC4)c32)c(Cl)c1. The third-order valence-electron chi connectivity index (χ3n) is 5.34. The maximum Gasteiger partial charge on any atom is 0.221 e. The molecule has 1 aliphatic carbocycles. The van der Waals surface area contributed by atoms with Gasteiger partial charge < -0.3 is 15.0 Å². The Labute approximate surface area is 166 Å². The first-order valence-corrected chi connectivity index (χ1v) is 9.41. The Morgan fingerprint density at radius 3 is 2.86 bits per heavy atom. The standard InChI is InChI=1S/C20H17ClN6O/c1-10-24-6-7-27(10)12-4-5-13(15(21)8-12)16-14(9-22)19(23)28-20-17(16)18(25-26-20)11-2-3-11/h4-8,11,16H,2-3,23H2,1H3,(H,25,26). The fraction of sp³-hybridized carbons (Fsp3) is 0.250. The number of rotatable bonds is 3. The van der Waals surface area contributed by atoms with E-state index in [4.69, 9.17) is 22.1 Å². The maximum absolute atomic E-state index is 9.78. The molecule has 0 radical (unpaired) electrons. The van der Waals surface area contributed by atoms with E-state index in [2.05, 4.69) is 21.3 Å². The number of nitrogens with zero attached hydrogens (tertiary/aromatic N) is 4. The molecule has 1 aromatic carbocycles. The monoisotopic (exact) mass is 392 g/mol. The minimum atomic E-state index is -0.409. The maximum atomic E-state index is 9.78. The Morgan fingerprint density at radius 2 is 2.21 bits per heavy atom. The van der Waals surface area contributed by atoms with E-state index in [1.807, 2.05) is 35.9 Å². The van der Waals surface area contributed by atoms with Crippen LogP contribution in [0.4, 0.5) is 0 Å². The van der Waals surface area contributed by atoms with Crippen LogP contribution in [0.15, 0.2) is 42.0 Å². The predicted molar refractivity (Wildman–Crippen MR) is 103 cm³/mol. The van der Waals surface area contributed by atoms with Crippen molar-refractivity contribution in [1.29, 1.82) is 5.26 Å². The second-order valence-corrected chi connectivity index (χ2v) is 7.51. The van der Waals surface area contributed by atoms with Gasteiger partial charge in [-0.25, -0.2) is 10.1 Å². The van der Waals surface area contributed by atoms with Crippen LogP contribution >= 0.6 is 11.6 Å². The first-order chi connectivity index (χ1) is 13.6. The number of fused-ring (bicyclic) bond motifs is 1. The van der Waals surface area contributed by atoms with E-state index in [0.717, 1.165) is 41.2 Å². The Balaban J connectivity index is 1.67. The molecule has 8 heteroatoms. The van der Waals surface area contributed by atoms with Crippen LogP contribution in [0, 0.1) is 18.3 Å².